The summed E-state index contributed by atoms with van der Waals surface area (Å²) in [7, 11) is -2.74. The summed E-state index contributed by atoms with van der Waals surface area (Å²) in [5, 5.41) is 2.04. The van der Waals surface area contributed by atoms with Crippen LogP contribution in [0.5, 0.6) is 0 Å². The molecule has 0 spiro atoms. The number of primary amides is 1. The highest BCUT2D eigenvalue weighted by Gasteiger charge is 2.50. The van der Waals surface area contributed by atoms with Crippen LogP contribution in [0.3, 0.4) is 0 Å². The van der Waals surface area contributed by atoms with Crippen LogP contribution in [0, 0.1) is 0 Å². The number of ether oxygens (including phenoxy) is 1. The Balaban J connectivity index is 2.52. The van der Waals surface area contributed by atoms with Gasteiger partial charge in [-0.15, -0.1) is 0 Å². The zero-order chi connectivity index (χ0) is 19.9. The van der Waals surface area contributed by atoms with E-state index in [1.54, 1.807) is 0 Å². The lowest BCUT2D eigenvalue weighted by Gasteiger charge is -2.43. The normalized spacial score (nSPS) is 13.0. The maximum Gasteiger partial charge on any atom is 0.404 e. The van der Waals surface area contributed by atoms with Gasteiger partial charge < -0.3 is 19.7 Å². The number of hydrogen-bond donors (Lipinski definition) is 1. The topological polar surface area (TPSA) is 78.6 Å². The number of carbonyl (C=O) groups excluding carboxylic acids is 2. The number of amides is 1. The highest BCUT2D eigenvalue weighted by atomic mass is 28.4. The van der Waals surface area contributed by atoms with Crippen molar-refractivity contribution in [1.82, 2.24) is 0 Å². The minimum absolute atomic E-state index is 0.0428. The van der Waals surface area contributed by atoms with Crippen molar-refractivity contribution in [3.05, 3.63) is 60.7 Å². The molecule has 2 N–H and O–H groups in total. The predicted molar refractivity (Wildman–Crippen MR) is 109 cm³/mol. The highest BCUT2D eigenvalue weighted by Crippen LogP contribution is 2.36. The Morgan fingerprint density at radius 2 is 1.52 bits per heavy atom. The predicted octanol–water partition coefficient (Wildman–Crippen LogP) is 2.62. The average molecular weight is 386 g/mol. The Morgan fingerprint density at radius 1 is 1.04 bits per heavy atom. The standard InChI is InChI=1S/C21H27NO4Si/c1-21(2,3)27(18-10-6-4-7-11-18,19-12-8-5-9-13-19)25-16-17(14-15-23)26-20(22)24/h4-13,15,17H,14,16H2,1-3H3,(H2,22,24). The molecular formula is C21H27NO4Si. The molecule has 27 heavy (non-hydrogen) atoms. The van der Waals surface area contributed by atoms with E-state index in [0.29, 0.717) is 6.29 Å². The summed E-state index contributed by atoms with van der Waals surface area (Å²) in [6, 6.07) is 20.2. The lowest BCUT2D eigenvalue weighted by molar-refractivity contribution is -0.109. The van der Waals surface area contributed by atoms with Gasteiger partial charge in [0.05, 0.1) is 6.61 Å². The van der Waals surface area contributed by atoms with Crippen molar-refractivity contribution in [1.29, 1.82) is 0 Å². The van der Waals surface area contributed by atoms with E-state index in [0.717, 1.165) is 10.4 Å². The monoisotopic (exact) mass is 385 g/mol. The lowest BCUT2D eigenvalue weighted by atomic mass is 10.2. The van der Waals surface area contributed by atoms with Crippen LogP contribution >= 0.6 is 0 Å². The summed E-state index contributed by atoms with van der Waals surface area (Å²) < 4.78 is 11.7. The zero-order valence-electron chi connectivity index (χ0n) is 16.1. The van der Waals surface area contributed by atoms with Crippen LogP contribution in [0.2, 0.25) is 5.04 Å². The van der Waals surface area contributed by atoms with E-state index in [9.17, 15) is 9.59 Å². The molecule has 0 saturated carbocycles. The Hall–Kier alpha value is -2.44. The van der Waals surface area contributed by atoms with Crippen LogP contribution in [0.1, 0.15) is 27.2 Å². The van der Waals surface area contributed by atoms with Gasteiger partial charge in [-0.3, -0.25) is 0 Å². The second-order valence-electron chi connectivity index (χ2n) is 7.44. The molecule has 0 bridgehead atoms. The van der Waals surface area contributed by atoms with Gasteiger partial charge in [-0.1, -0.05) is 81.4 Å². The first-order chi connectivity index (χ1) is 12.8. The molecule has 0 fully saturated rings. The maximum atomic E-state index is 11.2. The van der Waals surface area contributed by atoms with Crippen LogP contribution in [-0.4, -0.2) is 33.4 Å². The van der Waals surface area contributed by atoms with Crippen molar-refractivity contribution in [2.24, 2.45) is 5.73 Å². The molecule has 0 aliphatic rings. The SMILES string of the molecule is CC(C)(C)[Si](OCC(CC=O)OC(N)=O)(c1ccccc1)c1ccccc1. The van der Waals surface area contributed by atoms with Gasteiger partial charge in [0.25, 0.3) is 8.32 Å². The van der Waals surface area contributed by atoms with Gasteiger partial charge in [-0.2, -0.15) is 0 Å². The third kappa shape index (κ3) is 4.84. The molecule has 1 amide bonds. The van der Waals surface area contributed by atoms with E-state index in [1.807, 2.05) is 36.4 Å². The summed E-state index contributed by atoms with van der Waals surface area (Å²) in [4.78, 5) is 22.2. The van der Waals surface area contributed by atoms with Crippen molar-refractivity contribution in [2.75, 3.05) is 6.61 Å². The number of benzene rings is 2. The van der Waals surface area contributed by atoms with Gasteiger partial charge in [0, 0.05) is 6.42 Å². The Bertz CT molecular complexity index is 704. The van der Waals surface area contributed by atoms with E-state index >= 15 is 0 Å². The van der Waals surface area contributed by atoms with Crippen LogP contribution < -0.4 is 16.1 Å². The molecule has 2 rings (SSSR count). The molecule has 1 unspecified atom stereocenters. The first-order valence-corrected chi connectivity index (χ1v) is 10.9. The molecular weight excluding hydrogens is 358 g/mol. The quantitative estimate of drug-likeness (QED) is 0.560. The molecule has 0 heterocycles. The largest absolute Gasteiger partial charge is 0.444 e. The van der Waals surface area contributed by atoms with E-state index in [2.05, 4.69) is 45.0 Å². The maximum absolute atomic E-state index is 11.2. The molecule has 1 atom stereocenters. The van der Waals surface area contributed by atoms with E-state index in [4.69, 9.17) is 14.9 Å². The second kappa shape index (κ2) is 8.97. The molecule has 6 heteroatoms. The van der Waals surface area contributed by atoms with Crippen LogP contribution in [0.25, 0.3) is 0 Å². The minimum atomic E-state index is -2.74. The average Bonchev–Trinajstić information content (AvgIpc) is 2.62. The fraction of sp³-hybridized carbons (Fsp3) is 0.333. The van der Waals surface area contributed by atoms with Crippen molar-refractivity contribution >= 4 is 31.1 Å². The molecule has 0 aliphatic carbocycles. The Labute approximate surface area is 161 Å². The van der Waals surface area contributed by atoms with Crippen molar-refractivity contribution in [2.45, 2.75) is 38.3 Å². The van der Waals surface area contributed by atoms with Crippen LogP contribution in [0.15, 0.2) is 60.7 Å². The summed E-state index contributed by atoms with van der Waals surface area (Å²) >= 11 is 0. The summed E-state index contributed by atoms with van der Waals surface area (Å²) in [5.74, 6) is 0. The van der Waals surface area contributed by atoms with Crippen molar-refractivity contribution < 1.29 is 18.8 Å². The van der Waals surface area contributed by atoms with Gasteiger partial charge in [-0.05, 0) is 15.4 Å². The Kier molecular flexibility index (Phi) is 6.93. The van der Waals surface area contributed by atoms with Gasteiger partial charge >= 0.3 is 6.09 Å². The Morgan fingerprint density at radius 3 is 1.89 bits per heavy atom. The number of aldehydes is 1. The minimum Gasteiger partial charge on any atom is -0.444 e. The van der Waals surface area contributed by atoms with E-state index in [-0.39, 0.29) is 18.1 Å². The number of rotatable bonds is 8. The molecule has 2 aromatic carbocycles. The highest BCUT2D eigenvalue weighted by molar-refractivity contribution is 6.99. The van der Waals surface area contributed by atoms with Gasteiger partial charge in [-0.25, -0.2) is 4.79 Å². The van der Waals surface area contributed by atoms with Crippen molar-refractivity contribution in [3.63, 3.8) is 0 Å². The number of hydrogen-bond acceptors (Lipinski definition) is 4. The third-order valence-electron chi connectivity index (χ3n) is 4.54. The molecule has 0 aliphatic heterocycles. The lowest BCUT2D eigenvalue weighted by Crippen LogP contribution is -2.67. The molecule has 2 aromatic rings. The second-order valence-corrected chi connectivity index (χ2v) is 11.7. The fourth-order valence-electron chi connectivity index (χ4n) is 3.40. The van der Waals surface area contributed by atoms with Gasteiger partial charge in [0.15, 0.2) is 0 Å². The van der Waals surface area contributed by atoms with E-state index < -0.39 is 20.5 Å². The zero-order valence-corrected chi connectivity index (χ0v) is 17.1. The number of nitrogens with two attached hydrogens (primary N) is 1. The first kappa shape index (κ1) is 20.9. The molecule has 5 nitrogen and oxygen atoms in total. The molecule has 144 valence electrons. The third-order valence-corrected chi connectivity index (χ3v) is 9.55. The summed E-state index contributed by atoms with van der Waals surface area (Å²) in [6.07, 6.45) is -0.863. The first-order valence-electron chi connectivity index (χ1n) is 8.96. The smallest absolute Gasteiger partial charge is 0.404 e. The van der Waals surface area contributed by atoms with Gasteiger partial charge in [0.1, 0.15) is 12.4 Å². The summed E-state index contributed by atoms with van der Waals surface area (Å²) in [6.45, 7) is 6.57. The van der Waals surface area contributed by atoms with Crippen molar-refractivity contribution in [3.8, 4) is 0 Å². The van der Waals surface area contributed by atoms with Gasteiger partial charge in [0.2, 0.25) is 0 Å². The molecule has 0 saturated heterocycles. The van der Waals surface area contributed by atoms with E-state index in [1.165, 1.54) is 0 Å². The number of carbonyl (C=O) groups is 2. The fourth-order valence-corrected chi connectivity index (χ4v) is 7.99. The molecule has 0 radical (unpaired) electrons. The summed E-state index contributed by atoms with van der Waals surface area (Å²) in [5.41, 5.74) is 5.15. The van der Waals surface area contributed by atoms with Crippen LogP contribution in [-0.2, 0) is 14.0 Å². The van der Waals surface area contributed by atoms with Crippen LogP contribution in [0.4, 0.5) is 4.79 Å². The molecule has 0 aromatic heterocycles.